The summed E-state index contributed by atoms with van der Waals surface area (Å²) in [4.78, 5) is 22.6. The number of carboxylic acid groups (broad SMARTS) is 1. The van der Waals surface area contributed by atoms with Crippen LogP contribution in [0.15, 0.2) is 0 Å². The Kier molecular flexibility index (Phi) is 6.03. The van der Waals surface area contributed by atoms with Crippen LogP contribution in [0.1, 0.15) is 34.1 Å². The second kappa shape index (κ2) is 6.48. The van der Waals surface area contributed by atoms with Gasteiger partial charge in [-0.25, -0.2) is 4.79 Å². The van der Waals surface area contributed by atoms with Crippen LogP contribution in [0, 0.1) is 11.8 Å². The Bertz CT molecular complexity index is 254. The predicted octanol–water partition coefficient (Wildman–Crippen LogP) is 0.585. The summed E-state index contributed by atoms with van der Waals surface area (Å²) in [5, 5.41) is 11.5. The van der Waals surface area contributed by atoms with E-state index < -0.39 is 24.0 Å². The van der Waals surface area contributed by atoms with Crippen molar-refractivity contribution in [2.45, 2.75) is 46.2 Å². The number of hydrogen-bond donors (Lipinski definition) is 3. The first-order chi connectivity index (χ1) is 7.31. The molecular formula is C11H22N2O3. The Morgan fingerprint density at radius 2 is 1.81 bits per heavy atom. The number of carboxylic acids is 1. The van der Waals surface area contributed by atoms with Crippen molar-refractivity contribution in [1.82, 2.24) is 5.32 Å². The van der Waals surface area contributed by atoms with E-state index in [0.29, 0.717) is 6.42 Å². The van der Waals surface area contributed by atoms with Gasteiger partial charge in [0, 0.05) is 0 Å². The van der Waals surface area contributed by atoms with Crippen molar-refractivity contribution in [2.75, 3.05) is 0 Å². The minimum Gasteiger partial charge on any atom is -0.480 e. The maximum absolute atomic E-state index is 11.6. The second-order valence-corrected chi connectivity index (χ2v) is 4.48. The fourth-order valence-electron chi connectivity index (χ4n) is 1.24. The fraction of sp³-hybridized carbons (Fsp3) is 0.818. The van der Waals surface area contributed by atoms with Gasteiger partial charge in [0.1, 0.15) is 6.04 Å². The molecule has 5 heteroatoms. The van der Waals surface area contributed by atoms with Gasteiger partial charge < -0.3 is 16.2 Å². The molecule has 0 spiro atoms. The third-order valence-corrected chi connectivity index (χ3v) is 2.80. The van der Waals surface area contributed by atoms with Gasteiger partial charge in [-0.2, -0.15) is 0 Å². The lowest BCUT2D eigenvalue weighted by atomic mass is 9.97. The molecule has 0 aliphatic carbocycles. The third-order valence-electron chi connectivity index (χ3n) is 2.80. The molecule has 0 heterocycles. The van der Waals surface area contributed by atoms with E-state index in [2.05, 4.69) is 5.32 Å². The first kappa shape index (κ1) is 14.9. The van der Waals surface area contributed by atoms with Crippen LogP contribution in [0.5, 0.6) is 0 Å². The van der Waals surface area contributed by atoms with E-state index in [-0.39, 0.29) is 11.8 Å². The van der Waals surface area contributed by atoms with Gasteiger partial charge in [0.05, 0.1) is 6.04 Å². The summed E-state index contributed by atoms with van der Waals surface area (Å²) in [6.07, 6.45) is 0.689. The van der Waals surface area contributed by atoms with E-state index in [9.17, 15) is 9.59 Å². The lowest BCUT2D eigenvalue weighted by Gasteiger charge is -2.23. The fourth-order valence-corrected chi connectivity index (χ4v) is 1.24. The number of rotatable bonds is 6. The van der Waals surface area contributed by atoms with E-state index in [1.54, 1.807) is 6.92 Å². The van der Waals surface area contributed by atoms with E-state index in [1.807, 2.05) is 20.8 Å². The highest BCUT2D eigenvalue weighted by Crippen LogP contribution is 2.09. The molecule has 0 bridgehead atoms. The van der Waals surface area contributed by atoms with Gasteiger partial charge in [-0.05, 0) is 11.8 Å². The van der Waals surface area contributed by atoms with Gasteiger partial charge in [-0.3, -0.25) is 4.79 Å². The van der Waals surface area contributed by atoms with E-state index in [4.69, 9.17) is 10.8 Å². The summed E-state index contributed by atoms with van der Waals surface area (Å²) in [7, 11) is 0. The Hall–Kier alpha value is -1.10. The van der Waals surface area contributed by atoms with Gasteiger partial charge in [-0.15, -0.1) is 0 Å². The standard InChI is InChI=1S/C11H22N2O3/c1-5-7(4)9(11(15)16)13-10(14)8(12)6(2)3/h6-9H,5,12H2,1-4H3,(H,13,14)(H,15,16)/t7-,8+,9-/m1/s1. The molecule has 3 atom stereocenters. The minimum atomic E-state index is -1.02. The topological polar surface area (TPSA) is 92.4 Å². The summed E-state index contributed by atoms with van der Waals surface area (Å²) >= 11 is 0. The normalized spacial score (nSPS) is 16.6. The molecule has 0 aliphatic heterocycles. The number of carbonyl (C=O) groups is 2. The van der Waals surface area contributed by atoms with Crippen molar-refractivity contribution in [3.63, 3.8) is 0 Å². The molecule has 0 unspecified atom stereocenters. The molecule has 0 radical (unpaired) electrons. The van der Waals surface area contributed by atoms with Crippen molar-refractivity contribution in [2.24, 2.45) is 17.6 Å². The average molecular weight is 230 g/mol. The largest absolute Gasteiger partial charge is 0.480 e. The highest BCUT2D eigenvalue weighted by Gasteiger charge is 2.28. The zero-order valence-electron chi connectivity index (χ0n) is 10.4. The Balaban J connectivity index is 4.52. The number of nitrogens with two attached hydrogens (primary N) is 1. The van der Waals surface area contributed by atoms with Crippen LogP contribution in [-0.2, 0) is 9.59 Å². The molecule has 4 N–H and O–H groups in total. The van der Waals surface area contributed by atoms with Crippen LogP contribution >= 0.6 is 0 Å². The van der Waals surface area contributed by atoms with E-state index in [0.717, 1.165) is 0 Å². The van der Waals surface area contributed by atoms with Crippen molar-refractivity contribution in [3.8, 4) is 0 Å². The number of carbonyl (C=O) groups excluding carboxylic acids is 1. The van der Waals surface area contributed by atoms with Crippen LogP contribution < -0.4 is 11.1 Å². The van der Waals surface area contributed by atoms with Crippen LogP contribution in [0.3, 0.4) is 0 Å². The molecule has 1 amide bonds. The van der Waals surface area contributed by atoms with Crippen LogP contribution in [-0.4, -0.2) is 29.1 Å². The summed E-state index contributed by atoms with van der Waals surface area (Å²) in [6, 6.07) is -1.52. The average Bonchev–Trinajstić information content (AvgIpc) is 2.22. The molecule has 0 saturated carbocycles. The van der Waals surface area contributed by atoms with Crippen LogP contribution in [0.25, 0.3) is 0 Å². The second-order valence-electron chi connectivity index (χ2n) is 4.48. The summed E-state index contributed by atoms with van der Waals surface area (Å²) in [5.41, 5.74) is 5.65. The Morgan fingerprint density at radius 1 is 1.31 bits per heavy atom. The predicted molar refractivity (Wildman–Crippen MR) is 61.8 cm³/mol. The van der Waals surface area contributed by atoms with Crippen LogP contribution in [0.2, 0.25) is 0 Å². The molecule has 0 aromatic rings. The first-order valence-corrected chi connectivity index (χ1v) is 5.60. The molecule has 0 aliphatic rings. The monoisotopic (exact) mass is 230 g/mol. The van der Waals surface area contributed by atoms with E-state index in [1.165, 1.54) is 0 Å². The molecule has 0 fully saturated rings. The lowest BCUT2D eigenvalue weighted by Crippen LogP contribution is -2.52. The maximum atomic E-state index is 11.6. The number of amides is 1. The molecule has 16 heavy (non-hydrogen) atoms. The van der Waals surface area contributed by atoms with Gasteiger partial charge in [0.15, 0.2) is 0 Å². The van der Waals surface area contributed by atoms with Gasteiger partial charge in [0.2, 0.25) is 5.91 Å². The molecule has 0 rings (SSSR count). The molecular weight excluding hydrogens is 208 g/mol. The van der Waals surface area contributed by atoms with Crippen molar-refractivity contribution >= 4 is 11.9 Å². The first-order valence-electron chi connectivity index (χ1n) is 5.60. The zero-order valence-corrected chi connectivity index (χ0v) is 10.4. The highest BCUT2D eigenvalue weighted by molar-refractivity contribution is 5.87. The minimum absolute atomic E-state index is 0.00798. The Morgan fingerprint density at radius 3 is 2.12 bits per heavy atom. The lowest BCUT2D eigenvalue weighted by molar-refractivity contribution is -0.143. The number of hydrogen-bond acceptors (Lipinski definition) is 3. The van der Waals surface area contributed by atoms with Crippen molar-refractivity contribution in [1.29, 1.82) is 0 Å². The molecule has 0 aromatic carbocycles. The van der Waals surface area contributed by atoms with Crippen LogP contribution in [0.4, 0.5) is 0 Å². The summed E-state index contributed by atoms with van der Waals surface area (Å²) in [5.74, 6) is -1.53. The quantitative estimate of drug-likeness (QED) is 0.622. The molecule has 5 nitrogen and oxygen atoms in total. The smallest absolute Gasteiger partial charge is 0.326 e. The summed E-state index contributed by atoms with van der Waals surface area (Å²) in [6.45, 7) is 7.32. The molecule has 0 saturated heterocycles. The van der Waals surface area contributed by atoms with Crippen molar-refractivity contribution in [3.05, 3.63) is 0 Å². The van der Waals surface area contributed by atoms with Gasteiger partial charge in [-0.1, -0.05) is 34.1 Å². The SMILES string of the molecule is CC[C@@H](C)[C@@H](NC(=O)[C@@H](N)C(C)C)C(=O)O. The number of aliphatic carboxylic acids is 1. The zero-order chi connectivity index (χ0) is 12.9. The van der Waals surface area contributed by atoms with E-state index >= 15 is 0 Å². The highest BCUT2D eigenvalue weighted by atomic mass is 16.4. The number of nitrogens with one attached hydrogen (secondary N) is 1. The summed E-state index contributed by atoms with van der Waals surface area (Å²) < 4.78 is 0. The van der Waals surface area contributed by atoms with Gasteiger partial charge >= 0.3 is 5.97 Å². The third kappa shape index (κ3) is 4.18. The van der Waals surface area contributed by atoms with Gasteiger partial charge in [0.25, 0.3) is 0 Å². The van der Waals surface area contributed by atoms with Crippen molar-refractivity contribution < 1.29 is 14.7 Å². The molecule has 94 valence electrons. The maximum Gasteiger partial charge on any atom is 0.326 e. The molecule has 0 aromatic heterocycles. The Labute approximate surface area is 96.4 Å².